The highest BCUT2D eigenvalue weighted by Gasteiger charge is 2.25. The number of aromatic nitrogens is 3. The molecule has 0 amide bonds. The molecule has 5 aromatic rings. The van der Waals surface area contributed by atoms with Crippen LogP contribution in [0.25, 0.3) is 33.6 Å². The summed E-state index contributed by atoms with van der Waals surface area (Å²) in [5.41, 5.74) is 2.90. The topological polar surface area (TPSA) is 103 Å². The van der Waals surface area contributed by atoms with Crippen molar-refractivity contribution in [3.8, 4) is 34.1 Å². The first-order valence-corrected chi connectivity index (χ1v) is 14.1. The Balaban J connectivity index is 1.51. The maximum absolute atomic E-state index is 14.0. The van der Waals surface area contributed by atoms with Gasteiger partial charge in [-0.05, 0) is 87.6 Å². The Bertz CT molecular complexity index is 1830. The number of nitrogens with one attached hydrogen (secondary N) is 1. The summed E-state index contributed by atoms with van der Waals surface area (Å²) < 4.78 is 33.9. The molecule has 0 bridgehead atoms. The fourth-order valence-corrected chi connectivity index (χ4v) is 5.59. The first kappa shape index (κ1) is 27.9. The number of imidazole rings is 1. The summed E-state index contributed by atoms with van der Waals surface area (Å²) in [6.45, 7) is 8.40. The van der Waals surface area contributed by atoms with Crippen molar-refractivity contribution in [2.45, 2.75) is 52.1 Å². The molecule has 9 heteroatoms. The van der Waals surface area contributed by atoms with Crippen LogP contribution in [0.3, 0.4) is 0 Å². The Hall–Kier alpha value is -4.21. The molecule has 218 valence electrons. The molecule has 1 fully saturated rings. The molecule has 2 N–H and O–H groups in total. The normalized spacial score (nSPS) is 14.5. The van der Waals surface area contributed by atoms with Gasteiger partial charge >= 0.3 is 0 Å². The number of fused-ring (bicyclic) bond motifs is 1. The lowest BCUT2D eigenvalue weighted by Crippen LogP contribution is -2.17. The lowest BCUT2D eigenvalue weighted by Gasteiger charge is -2.21. The van der Waals surface area contributed by atoms with Crippen LogP contribution in [0.5, 0.6) is 11.5 Å². The van der Waals surface area contributed by atoms with Crippen LogP contribution in [-0.2, 0) is 17.4 Å². The van der Waals surface area contributed by atoms with Crippen molar-refractivity contribution >= 4 is 11.0 Å². The van der Waals surface area contributed by atoms with Gasteiger partial charge in [-0.25, -0.2) is 9.37 Å². The first-order valence-electron chi connectivity index (χ1n) is 14.1. The number of H-pyrrole nitrogens is 1. The van der Waals surface area contributed by atoms with Crippen molar-refractivity contribution in [3.63, 3.8) is 0 Å². The lowest BCUT2D eigenvalue weighted by molar-refractivity contribution is 0.0786. The van der Waals surface area contributed by atoms with E-state index in [1.807, 2.05) is 6.07 Å². The van der Waals surface area contributed by atoms with E-state index < -0.39 is 5.60 Å². The van der Waals surface area contributed by atoms with Crippen molar-refractivity contribution in [2.75, 3.05) is 13.2 Å². The number of ether oxygens (including phenoxy) is 2. The van der Waals surface area contributed by atoms with Gasteiger partial charge in [0.1, 0.15) is 34.4 Å². The van der Waals surface area contributed by atoms with Gasteiger partial charge in [-0.2, -0.15) is 0 Å². The van der Waals surface area contributed by atoms with E-state index in [0.29, 0.717) is 75.0 Å². The summed E-state index contributed by atoms with van der Waals surface area (Å²) in [5.74, 6) is 2.32. The van der Waals surface area contributed by atoms with E-state index in [9.17, 15) is 14.3 Å². The average molecular weight is 572 g/mol. The zero-order chi connectivity index (χ0) is 29.8. The lowest BCUT2D eigenvalue weighted by atomic mass is 9.93. The Kier molecular flexibility index (Phi) is 7.03. The van der Waals surface area contributed by atoms with Crippen LogP contribution in [0.4, 0.5) is 4.39 Å². The molecule has 6 rings (SSSR count). The molecule has 1 saturated heterocycles. The summed E-state index contributed by atoms with van der Waals surface area (Å²) in [7, 11) is 1.69. The number of rotatable bonds is 6. The second-order valence-electron chi connectivity index (χ2n) is 11.6. The SMILES string of the molecule is Cc1cc(F)cc(C)c1Oc1ccc(C(C)(C)O)cc1-c1cn(C)c(=O)c2cc(-c3cnc(C4CCOCC4)[nH]3)oc12. The molecule has 1 aliphatic heterocycles. The van der Waals surface area contributed by atoms with E-state index in [1.54, 1.807) is 65.3 Å². The highest BCUT2D eigenvalue weighted by atomic mass is 19.1. The minimum Gasteiger partial charge on any atom is -0.456 e. The third kappa shape index (κ3) is 5.14. The predicted octanol–water partition coefficient (Wildman–Crippen LogP) is 6.86. The molecular formula is C33H34FN3O5. The third-order valence-electron chi connectivity index (χ3n) is 7.93. The minimum atomic E-state index is -1.14. The number of aryl methyl sites for hydroxylation is 3. The van der Waals surface area contributed by atoms with E-state index in [2.05, 4.69) is 9.97 Å². The van der Waals surface area contributed by atoms with Crippen LogP contribution >= 0.6 is 0 Å². The van der Waals surface area contributed by atoms with Gasteiger partial charge in [0, 0.05) is 43.5 Å². The zero-order valence-corrected chi connectivity index (χ0v) is 24.4. The summed E-state index contributed by atoms with van der Waals surface area (Å²) in [6.07, 6.45) is 5.23. The molecule has 0 atom stereocenters. The number of benzene rings is 2. The quantitative estimate of drug-likeness (QED) is 0.231. The fourth-order valence-electron chi connectivity index (χ4n) is 5.59. The molecule has 0 radical (unpaired) electrons. The maximum Gasteiger partial charge on any atom is 0.261 e. The van der Waals surface area contributed by atoms with Gasteiger partial charge in [0.05, 0.1) is 17.2 Å². The van der Waals surface area contributed by atoms with E-state index in [1.165, 1.54) is 16.7 Å². The van der Waals surface area contributed by atoms with Crippen molar-refractivity contribution in [3.05, 3.63) is 87.5 Å². The molecule has 1 aliphatic rings. The summed E-state index contributed by atoms with van der Waals surface area (Å²) in [5, 5.41) is 11.3. The van der Waals surface area contributed by atoms with Crippen LogP contribution in [0.1, 0.15) is 55.1 Å². The standard InChI is InChI=1S/C33H34FN3O5/c1-18-12-22(34)13-19(2)29(18)41-27-7-6-21(33(3,4)39)14-23(27)25-17-37(5)32(38)24-15-28(42-30(24)25)26-16-35-31(36-26)20-8-10-40-11-9-20/h6-7,12-17,20,39H,8-11H2,1-5H3,(H,35,36). The summed E-state index contributed by atoms with van der Waals surface area (Å²) in [6, 6.07) is 10.00. The highest BCUT2D eigenvalue weighted by molar-refractivity contribution is 5.95. The van der Waals surface area contributed by atoms with Gasteiger partial charge in [0.15, 0.2) is 5.76 Å². The smallest absolute Gasteiger partial charge is 0.261 e. The number of halogens is 1. The maximum atomic E-state index is 14.0. The van der Waals surface area contributed by atoms with Crippen molar-refractivity contribution in [1.82, 2.24) is 14.5 Å². The molecule has 42 heavy (non-hydrogen) atoms. The van der Waals surface area contributed by atoms with E-state index in [-0.39, 0.29) is 17.3 Å². The fraction of sp³-hybridized carbons (Fsp3) is 0.333. The molecule has 0 saturated carbocycles. The van der Waals surface area contributed by atoms with Gasteiger partial charge in [0.25, 0.3) is 5.56 Å². The van der Waals surface area contributed by atoms with Crippen LogP contribution in [0, 0.1) is 19.7 Å². The van der Waals surface area contributed by atoms with Crippen LogP contribution < -0.4 is 10.3 Å². The second kappa shape index (κ2) is 10.6. The van der Waals surface area contributed by atoms with E-state index in [4.69, 9.17) is 13.9 Å². The van der Waals surface area contributed by atoms with Crippen LogP contribution in [0.2, 0.25) is 0 Å². The Morgan fingerprint density at radius 1 is 1.10 bits per heavy atom. The van der Waals surface area contributed by atoms with Gasteiger partial charge in [-0.15, -0.1) is 0 Å². The monoisotopic (exact) mass is 571 g/mol. The van der Waals surface area contributed by atoms with Gasteiger partial charge in [-0.1, -0.05) is 6.07 Å². The second-order valence-corrected chi connectivity index (χ2v) is 11.6. The zero-order valence-electron chi connectivity index (χ0n) is 24.4. The Morgan fingerprint density at radius 2 is 1.81 bits per heavy atom. The van der Waals surface area contributed by atoms with Crippen molar-refractivity contribution in [1.29, 1.82) is 0 Å². The number of hydrogen-bond donors (Lipinski definition) is 2. The first-order chi connectivity index (χ1) is 20.0. The van der Waals surface area contributed by atoms with E-state index >= 15 is 0 Å². The average Bonchev–Trinajstić information content (AvgIpc) is 3.61. The number of furan rings is 1. The summed E-state index contributed by atoms with van der Waals surface area (Å²) >= 11 is 0. The van der Waals surface area contributed by atoms with Gasteiger partial charge in [-0.3, -0.25) is 4.79 Å². The van der Waals surface area contributed by atoms with Crippen LogP contribution in [0.15, 0.2) is 58.0 Å². The number of aromatic amines is 1. The molecule has 0 aliphatic carbocycles. The molecule has 0 unspecified atom stereocenters. The predicted molar refractivity (Wildman–Crippen MR) is 158 cm³/mol. The van der Waals surface area contributed by atoms with Crippen LogP contribution in [-0.4, -0.2) is 32.9 Å². The molecule has 4 heterocycles. The number of pyridine rings is 1. The Labute approximate surface area is 242 Å². The molecule has 8 nitrogen and oxygen atoms in total. The summed E-state index contributed by atoms with van der Waals surface area (Å²) in [4.78, 5) is 21.3. The largest absolute Gasteiger partial charge is 0.456 e. The van der Waals surface area contributed by atoms with Gasteiger partial charge in [0.2, 0.25) is 0 Å². The Morgan fingerprint density at radius 3 is 2.50 bits per heavy atom. The number of hydrogen-bond acceptors (Lipinski definition) is 6. The van der Waals surface area contributed by atoms with Crippen molar-refractivity contribution < 1.29 is 23.4 Å². The minimum absolute atomic E-state index is 0.209. The molecule has 0 spiro atoms. The van der Waals surface area contributed by atoms with Crippen molar-refractivity contribution in [2.24, 2.45) is 7.05 Å². The number of aliphatic hydroxyl groups is 1. The third-order valence-corrected chi connectivity index (χ3v) is 7.93. The highest BCUT2D eigenvalue weighted by Crippen LogP contribution is 2.42. The molecular weight excluding hydrogens is 537 g/mol. The number of nitrogens with zero attached hydrogens (tertiary/aromatic N) is 2. The van der Waals surface area contributed by atoms with Gasteiger partial charge < -0.3 is 28.5 Å². The molecule has 3 aromatic heterocycles. The molecule has 2 aromatic carbocycles. The van der Waals surface area contributed by atoms with E-state index in [0.717, 1.165) is 18.7 Å².